The monoisotopic (exact) mass is 277 g/mol. The molecule has 0 saturated carbocycles. The number of rotatable bonds is 5. The van der Waals surface area contributed by atoms with Crippen LogP contribution in [-0.4, -0.2) is 28.5 Å². The van der Waals surface area contributed by atoms with Gasteiger partial charge in [-0.25, -0.2) is 0 Å². The average molecular weight is 277 g/mol. The Hall–Kier alpha value is -2.26. The molecule has 2 aromatic heterocycles. The molecular formula is C18H19N3. The van der Waals surface area contributed by atoms with Crippen LogP contribution in [0.5, 0.6) is 0 Å². The summed E-state index contributed by atoms with van der Waals surface area (Å²) in [5, 5.41) is 1.20. The molecule has 106 valence electrons. The molecule has 0 radical (unpaired) electrons. The third-order valence-corrected chi connectivity index (χ3v) is 3.63. The summed E-state index contributed by atoms with van der Waals surface area (Å²) in [6.07, 6.45) is 4.68. The van der Waals surface area contributed by atoms with Gasteiger partial charge in [-0.1, -0.05) is 30.3 Å². The molecule has 3 rings (SSSR count). The summed E-state index contributed by atoms with van der Waals surface area (Å²) < 4.78 is 0. The number of likely N-dealkylation sites (N-methyl/N-ethyl adjacent to an activating group) is 1. The molecule has 0 saturated heterocycles. The van der Waals surface area contributed by atoms with Gasteiger partial charge in [0.05, 0.1) is 5.52 Å². The van der Waals surface area contributed by atoms with E-state index in [-0.39, 0.29) is 0 Å². The summed E-state index contributed by atoms with van der Waals surface area (Å²) in [6, 6.07) is 16.5. The van der Waals surface area contributed by atoms with Crippen LogP contribution >= 0.6 is 0 Å². The van der Waals surface area contributed by atoms with E-state index in [1.54, 1.807) is 0 Å². The molecule has 0 N–H and O–H groups in total. The van der Waals surface area contributed by atoms with Crippen LogP contribution in [0.1, 0.15) is 11.3 Å². The summed E-state index contributed by atoms with van der Waals surface area (Å²) in [6.45, 7) is 1.89. The van der Waals surface area contributed by atoms with E-state index in [0.29, 0.717) is 0 Å². The Morgan fingerprint density at radius 1 is 0.905 bits per heavy atom. The van der Waals surface area contributed by atoms with Crippen molar-refractivity contribution < 1.29 is 0 Å². The molecule has 0 aliphatic heterocycles. The number of aromatic nitrogens is 2. The Kier molecular flexibility index (Phi) is 4.22. The zero-order valence-electron chi connectivity index (χ0n) is 12.2. The molecule has 0 amide bonds. The van der Waals surface area contributed by atoms with E-state index in [4.69, 9.17) is 0 Å². The highest BCUT2D eigenvalue weighted by molar-refractivity contribution is 5.81. The maximum absolute atomic E-state index is 4.51. The normalized spacial score (nSPS) is 11.1. The molecule has 0 spiro atoms. The van der Waals surface area contributed by atoms with Gasteiger partial charge in [0.15, 0.2) is 0 Å². The fourth-order valence-electron chi connectivity index (χ4n) is 2.52. The fourth-order valence-corrected chi connectivity index (χ4v) is 2.52. The standard InChI is InChI=1S/C18H19N3/c1-21(13-10-17-9-2-3-11-19-17)14-16-7-4-6-15-8-5-12-20-18(15)16/h2-9,11-12H,10,13-14H2,1H3. The quantitative estimate of drug-likeness (QED) is 0.716. The SMILES string of the molecule is CN(CCc1ccccn1)Cc1cccc2cccnc12. The lowest BCUT2D eigenvalue weighted by atomic mass is 10.1. The second kappa shape index (κ2) is 6.46. The third kappa shape index (κ3) is 3.44. The number of benzene rings is 1. The molecule has 0 bridgehead atoms. The van der Waals surface area contributed by atoms with Gasteiger partial charge in [0.1, 0.15) is 0 Å². The van der Waals surface area contributed by atoms with E-state index in [2.05, 4.69) is 52.2 Å². The molecule has 0 fully saturated rings. The van der Waals surface area contributed by atoms with Gasteiger partial charge >= 0.3 is 0 Å². The summed E-state index contributed by atoms with van der Waals surface area (Å²) in [7, 11) is 2.14. The van der Waals surface area contributed by atoms with Crippen molar-refractivity contribution in [1.82, 2.24) is 14.9 Å². The van der Waals surface area contributed by atoms with E-state index >= 15 is 0 Å². The van der Waals surface area contributed by atoms with Crippen molar-refractivity contribution >= 4 is 10.9 Å². The summed E-state index contributed by atoms with van der Waals surface area (Å²) in [5.41, 5.74) is 3.52. The van der Waals surface area contributed by atoms with Crippen molar-refractivity contribution in [2.24, 2.45) is 0 Å². The van der Waals surface area contributed by atoms with Gasteiger partial charge in [0, 0.05) is 43.0 Å². The Morgan fingerprint density at radius 2 is 1.76 bits per heavy atom. The number of hydrogen-bond donors (Lipinski definition) is 0. The molecule has 21 heavy (non-hydrogen) atoms. The predicted molar refractivity (Wildman–Crippen MR) is 86.0 cm³/mol. The molecule has 3 nitrogen and oxygen atoms in total. The van der Waals surface area contributed by atoms with Crippen LogP contribution < -0.4 is 0 Å². The van der Waals surface area contributed by atoms with Crippen LogP contribution in [0.4, 0.5) is 0 Å². The van der Waals surface area contributed by atoms with Crippen LogP contribution in [0.15, 0.2) is 60.9 Å². The molecule has 2 heterocycles. The Labute approximate surface area is 125 Å². The first-order valence-corrected chi connectivity index (χ1v) is 7.24. The Balaban J connectivity index is 1.67. The van der Waals surface area contributed by atoms with E-state index in [1.807, 2.05) is 30.6 Å². The molecule has 3 heteroatoms. The minimum Gasteiger partial charge on any atom is -0.302 e. The highest BCUT2D eigenvalue weighted by Crippen LogP contribution is 2.17. The first-order valence-electron chi connectivity index (χ1n) is 7.24. The van der Waals surface area contributed by atoms with E-state index in [1.165, 1.54) is 10.9 Å². The van der Waals surface area contributed by atoms with E-state index < -0.39 is 0 Å². The van der Waals surface area contributed by atoms with Crippen LogP contribution in [0.3, 0.4) is 0 Å². The molecule has 0 aliphatic carbocycles. The molecule has 0 unspecified atom stereocenters. The van der Waals surface area contributed by atoms with Crippen LogP contribution in [0.25, 0.3) is 10.9 Å². The number of para-hydroxylation sites is 1. The van der Waals surface area contributed by atoms with Gasteiger partial charge in [-0.3, -0.25) is 9.97 Å². The zero-order valence-corrected chi connectivity index (χ0v) is 12.2. The van der Waals surface area contributed by atoms with Crippen LogP contribution in [0.2, 0.25) is 0 Å². The maximum atomic E-state index is 4.51. The average Bonchev–Trinajstić information content (AvgIpc) is 2.54. The largest absolute Gasteiger partial charge is 0.302 e. The van der Waals surface area contributed by atoms with Crippen LogP contribution in [0, 0.1) is 0 Å². The van der Waals surface area contributed by atoms with Gasteiger partial charge in [-0.2, -0.15) is 0 Å². The number of pyridine rings is 2. The smallest absolute Gasteiger partial charge is 0.0746 e. The minimum atomic E-state index is 0.904. The first kappa shape index (κ1) is 13.7. The van der Waals surface area contributed by atoms with Gasteiger partial charge in [0.2, 0.25) is 0 Å². The highest BCUT2D eigenvalue weighted by atomic mass is 15.1. The third-order valence-electron chi connectivity index (χ3n) is 3.63. The maximum Gasteiger partial charge on any atom is 0.0746 e. The minimum absolute atomic E-state index is 0.904. The van der Waals surface area contributed by atoms with Crippen molar-refractivity contribution in [2.75, 3.05) is 13.6 Å². The summed E-state index contributed by atoms with van der Waals surface area (Å²) in [4.78, 5) is 11.2. The fraction of sp³-hybridized carbons (Fsp3) is 0.222. The van der Waals surface area contributed by atoms with Gasteiger partial charge < -0.3 is 4.90 Å². The lowest BCUT2D eigenvalue weighted by Crippen LogP contribution is -2.21. The van der Waals surface area contributed by atoms with Crippen molar-refractivity contribution in [1.29, 1.82) is 0 Å². The van der Waals surface area contributed by atoms with E-state index in [9.17, 15) is 0 Å². The molecular weight excluding hydrogens is 258 g/mol. The number of nitrogens with zero attached hydrogens (tertiary/aromatic N) is 3. The first-order chi connectivity index (χ1) is 10.3. The highest BCUT2D eigenvalue weighted by Gasteiger charge is 2.06. The van der Waals surface area contributed by atoms with E-state index in [0.717, 1.165) is 30.7 Å². The Bertz CT molecular complexity index is 704. The summed E-state index contributed by atoms with van der Waals surface area (Å²) in [5.74, 6) is 0. The molecule has 1 aromatic carbocycles. The summed E-state index contributed by atoms with van der Waals surface area (Å²) >= 11 is 0. The topological polar surface area (TPSA) is 29.0 Å². The van der Waals surface area contributed by atoms with Crippen LogP contribution in [-0.2, 0) is 13.0 Å². The second-order valence-corrected chi connectivity index (χ2v) is 5.30. The lowest BCUT2D eigenvalue weighted by molar-refractivity contribution is 0.331. The van der Waals surface area contributed by atoms with Crippen molar-refractivity contribution in [3.8, 4) is 0 Å². The zero-order chi connectivity index (χ0) is 14.5. The van der Waals surface area contributed by atoms with Gasteiger partial charge in [-0.05, 0) is 30.8 Å². The number of fused-ring (bicyclic) bond motifs is 1. The second-order valence-electron chi connectivity index (χ2n) is 5.30. The van der Waals surface area contributed by atoms with Crippen molar-refractivity contribution in [3.63, 3.8) is 0 Å². The predicted octanol–water partition coefficient (Wildman–Crippen LogP) is 3.30. The number of hydrogen-bond acceptors (Lipinski definition) is 3. The van der Waals surface area contributed by atoms with Gasteiger partial charge in [0.25, 0.3) is 0 Å². The van der Waals surface area contributed by atoms with Crippen molar-refractivity contribution in [2.45, 2.75) is 13.0 Å². The lowest BCUT2D eigenvalue weighted by Gasteiger charge is -2.17. The van der Waals surface area contributed by atoms with Crippen molar-refractivity contribution in [3.05, 3.63) is 72.2 Å². The Morgan fingerprint density at radius 3 is 2.62 bits per heavy atom. The molecule has 0 aliphatic rings. The van der Waals surface area contributed by atoms with Gasteiger partial charge in [-0.15, -0.1) is 0 Å². The molecule has 3 aromatic rings. The molecule has 0 atom stereocenters.